The van der Waals surface area contributed by atoms with E-state index in [2.05, 4.69) is 4.99 Å². The zero-order valence-electron chi connectivity index (χ0n) is 9.93. The number of Topliss-reactive ketones (excluding diaryl/α,β-unsaturated/α-hetero) is 1. The van der Waals surface area contributed by atoms with Gasteiger partial charge in [0.15, 0.2) is 5.78 Å². The molecule has 1 aromatic rings. The Morgan fingerprint density at radius 3 is 2.82 bits per heavy atom. The van der Waals surface area contributed by atoms with Crippen LogP contribution in [0.5, 0.6) is 0 Å². The Balaban J connectivity index is 2.30. The smallest absolute Gasteiger partial charge is 0.168 e. The Morgan fingerprint density at radius 2 is 2.29 bits per heavy atom. The maximum Gasteiger partial charge on any atom is 0.168 e. The lowest BCUT2D eigenvalue weighted by Gasteiger charge is -2.21. The molecule has 0 saturated heterocycles. The molecular formula is C13H15NO3. The average Bonchev–Trinajstić information content (AvgIpc) is 2.81. The highest BCUT2D eigenvalue weighted by atomic mass is 16.3. The van der Waals surface area contributed by atoms with E-state index in [0.29, 0.717) is 24.1 Å². The molecular weight excluding hydrogens is 218 g/mol. The molecule has 0 aromatic carbocycles. The molecule has 0 spiro atoms. The van der Waals surface area contributed by atoms with Crippen molar-refractivity contribution in [2.45, 2.75) is 25.7 Å². The largest absolute Gasteiger partial charge is 0.511 e. The molecule has 0 fully saturated rings. The van der Waals surface area contributed by atoms with E-state index in [1.807, 2.05) is 6.07 Å². The van der Waals surface area contributed by atoms with Gasteiger partial charge in [-0.05, 0) is 19.1 Å². The summed E-state index contributed by atoms with van der Waals surface area (Å²) in [6, 6.07) is 3.62. The van der Waals surface area contributed by atoms with E-state index in [1.54, 1.807) is 26.3 Å². The van der Waals surface area contributed by atoms with Crippen LogP contribution in [0.3, 0.4) is 0 Å². The van der Waals surface area contributed by atoms with E-state index in [4.69, 9.17) is 4.42 Å². The van der Waals surface area contributed by atoms with Gasteiger partial charge in [0, 0.05) is 31.5 Å². The van der Waals surface area contributed by atoms with Crippen molar-refractivity contribution in [3.63, 3.8) is 0 Å². The van der Waals surface area contributed by atoms with Gasteiger partial charge < -0.3 is 9.52 Å². The molecule has 4 heteroatoms. The van der Waals surface area contributed by atoms with Gasteiger partial charge >= 0.3 is 0 Å². The van der Waals surface area contributed by atoms with Crippen molar-refractivity contribution >= 4 is 11.5 Å². The highest BCUT2D eigenvalue weighted by Crippen LogP contribution is 2.34. The number of rotatable bonds is 2. The minimum atomic E-state index is -0.0711. The van der Waals surface area contributed by atoms with Gasteiger partial charge in [-0.1, -0.05) is 0 Å². The molecule has 1 heterocycles. The van der Waals surface area contributed by atoms with Crippen LogP contribution in [-0.2, 0) is 4.79 Å². The number of carbonyl (C=O) groups excluding carboxylic acids is 1. The Bertz CT molecular complexity index is 483. The Labute approximate surface area is 99.7 Å². The van der Waals surface area contributed by atoms with E-state index in [-0.39, 0.29) is 17.5 Å². The number of furan rings is 1. The first-order chi connectivity index (χ1) is 8.13. The van der Waals surface area contributed by atoms with Gasteiger partial charge in [-0.25, -0.2) is 0 Å². The third-order valence-electron chi connectivity index (χ3n) is 3.08. The molecule has 0 bridgehead atoms. The second kappa shape index (κ2) is 4.57. The van der Waals surface area contributed by atoms with Crippen LogP contribution in [0.1, 0.15) is 31.4 Å². The highest BCUT2D eigenvalue weighted by Gasteiger charge is 2.31. The molecule has 4 nitrogen and oxygen atoms in total. The summed E-state index contributed by atoms with van der Waals surface area (Å²) in [6.07, 6.45) is 2.37. The van der Waals surface area contributed by atoms with Crippen LogP contribution in [0.4, 0.5) is 0 Å². The van der Waals surface area contributed by atoms with Crippen molar-refractivity contribution in [2.24, 2.45) is 4.99 Å². The number of ketones is 1. The van der Waals surface area contributed by atoms with Crippen molar-refractivity contribution in [1.82, 2.24) is 0 Å². The van der Waals surface area contributed by atoms with Gasteiger partial charge in [0.1, 0.15) is 11.5 Å². The van der Waals surface area contributed by atoms with Gasteiger partial charge in [0.25, 0.3) is 0 Å². The quantitative estimate of drug-likeness (QED) is 0.798. The number of hydrogen-bond acceptors (Lipinski definition) is 4. The van der Waals surface area contributed by atoms with Gasteiger partial charge in [-0.3, -0.25) is 9.79 Å². The summed E-state index contributed by atoms with van der Waals surface area (Å²) in [4.78, 5) is 15.9. The number of aliphatic hydroxyl groups excluding tert-OH is 1. The van der Waals surface area contributed by atoms with Crippen molar-refractivity contribution < 1.29 is 14.3 Å². The number of hydrogen-bond donors (Lipinski definition) is 1. The molecule has 17 heavy (non-hydrogen) atoms. The number of allylic oxidation sites excluding steroid dienone is 2. The lowest BCUT2D eigenvalue weighted by molar-refractivity contribution is -0.116. The standard InChI is InChI=1S/C13H15NO3/c1-8(14-2)13-10(15)6-9(7-11(13)16)12-4-3-5-17-12/h3-5,9,15H,6-7H2,1-2H3. The molecule has 0 amide bonds. The van der Waals surface area contributed by atoms with Gasteiger partial charge in [0.2, 0.25) is 0 Å². The van der Waals surface area contributed by atoms with Crippen molar-refractivity contribution in [3.8, 4) is 0 Å². The van der Waals surface area contributed by atoms with Crippen LogP contribution in [-0.4, -0.2) is 23.6 Å². The van der Waals surface area contributed by atoms with Crippen LogP contribution < -0.4 is 0 Å². The lowest BCUT2D eigenvalue weighted by atomic mass is 9.84. The number of aliphatic imine (C=N–C) groups is 1. The molecule has 1 atom stereocenters. The summed E-state index contributed by atoms with van der Waals surface area (Å²) >= 11 is 0. The fraction of sp³-hybridized carbons (Fsp3) is 0.385. The molecule has 1 unspecified atom stereocenters. The summed E-state index contributed by atoms with van der Waals surface area (Å²) in [6.45, 7) is 1.73. The summed E-state index contributed by atoms with van der Waals surface area (Å²) in [5.74, 6) is 0.727. The predicted octanol–water partition coefficient (Wildman–Crippen LogP) is 2.63. The van der Waals surface area contributed by atoms with Crippen LogP contribution in [0.2, 0.25) is 0 Å². The van der Waals surface area contributed by atoms with Gasteiger partial charge in [-0.15, -0.1) is 0 Å². The first-order valence-electron chi connectivity index (χ1n) is 5.56. The molecule has 1 aliphatic rings. The normalized spacial score (nSPS) is 22.1. The fourth-order valence-electron chi connectivity index (χ4n) is 2.14. The molecule has 0 radical (unpaired) electrons. The third-order valence-corrected chi connectivity index (χ3v) is 3.08. The number of nitrogens with zero attached hydrogens (tertiary/aromatic N) is 1. The van der Waals surface area contributed by atoms with Gasteiger partial charge in [0.05, 0.1) is 11.8 Å². The van der Waals surface area contributed by atoms with E-state index in [1.165, 1.54) is 0 Å². The monoisotopic (exact) mass is 233 g/mol. The first-order valence-corrected chi connectivity index (χ1v) is 5.56. The molecule has 0 aliphatic heterocycles. The molecule has 90 valence electrons. The van der Waals surface area contributed by atoms with Crippen LogP contribution in [0.25, 0.3) is 0 Å². The van der Waals surface area contributed by atoms with Crippen LogP contribution in [0, 0.1) is 0 Å². The third kappa shape index (κ3) is 2.16. The predicted molar refractivity (Wildman–Crippen MR) is 64.4 cm³/mol. The second-order valence-electron chi connectivity index (χ2n) is 4.17. The summed E-state index contributed by atoms with van der Waals surface area (Å²) in [5, 5.41) is 9.95. The second-order valence-corrected chi connectivity index (χ2v) is 4.17. The SMILES string of the molecule is CN=C(C)C1=C(O)CC(c2ccco2)CC1=O. The van der Waals surface area contributed by atoms with Crippen molar-refractivity contribution in [2.75, 3.05) is 7.05 Å². The topological polar surface area (TPSA) is 62.8 Å². The minimum absolute atomic E-state index is 0.0640. The highest BCUT2D eigenvalue weighted by molar-refractivity contribution is 6.22. The molecule has 2 rings (SSSR count). The van der Waals surface area contributed by atoms with E-state index in [0.717, 1.165) is 5.76 Å². The van der Waals surface area contributed by atoms with Crippen LogP contribution in [0.15, 0.2) is 39.1 Å². The summed E-state index contributed by atoms with van der Waals surface area (Å²) < 4.78 is 5.28. The summed E-state index contributed by atoms with van der Waals surface area (Å²) in [7, 11) is 1.61. The lowest BCUT2D eigenvalue weighted by Crippen LogP contribution is -2.22. The van der Waals surface area contributed by atoms with E-state index >= 15 is 0 Å². The zero-order valence-corrected chi connectivity index (χ0v) is 9.93. The van der Waals surface area contributed by atoms with Gasteiger partial charge in [-0.2, -0.15) is 0 Å². The maximum atomic E-state index is 12.0. The Kier molecular flexibility index (Phi) is 3.13. The summed E-state index contributed by atoms with van der Waals surface area (Å²) in [5.41, 5.74) is 0.959. The van der Waals surface area contributed by atoms with Crippen molar-refractivity contribution in [1.29, 1.82) is 0 Å². The Hall–Kier alpha value is -1.84. The molecule has 1 aliphatic carbocycles. The molecule has 0 saturated carbocycles. The first kappa shape index (κ1) is 11.6. The number of carbonyl (C=O) groups is 1. The van der Waals surface area contributed by atoms with Crippen molar-refractivity contribution in [3.05, 3.63) is 35.5 Å². The zero-order chi connectivity index (χ0) is 12.4. The minimum Gasteiger partial charge on any atom is -0.511 e. The molecule has 1 N–H and O–H groups in total. The fourth-order valence-corrected chi connectivity index (χ4v) is 2.14. The molecule has 1 aromatic heterocycles. The van der Waals surface area contributed by atoms with E-state index in [9.17, 15) is 9.90 Å². The average molecular weight is 233 g/mol. The van der Waals surface area contributed by atoms with E-state index < -0.39 is 0 Å². The maximum absolute atomic E-state index is 12.0. The Morgan fingerprint density at radius 1 is 1.53 bits per heavy atom. The number of aliphatic hydroxyl groups is 1. The van der Waals surface area contributed by atoms with Crippen LogP contribution >= 0.6 is 0 Å².